The van der Waals surface area contributed by atoms with Crippen LogP contribution in [-0.2, 0) is 7.05 Å². The summed E-state index contributed by atoms with van der Waals surface area (Å²) in [5, 5.41) is 2.95. The van der Waals surface area contributed by atoms with E-state index in [0.29, 0.717) is 28.6 Å². The van der Waals surface area contributed by atoms with Crippen LogP contribution in [0.15, 0.2) is 48.8 Å². The summed E-state index contributed by atoms with van der Waals surface area (Å²) in [6, 6.07) is 8.44. The van der Waals surface area contributed by atoms with E-state index >= 15 is 0 Å². The van der Waals surface area contributed by atoms with Crippen LogP contribution in [0, 0.1) is 5.82 Å². The largest absolute Gasteiger partial charge is 0.496 e. The lowest BCUT2D eigenvalue weighted by Crippen LogP contribution is -2.31. The number of carbonyl (C=O) groups excluding carboxylic acids is 1. The van der Waals surface area contributed by atoms with Gasteiger partial charge >= 0.3 is 0 Å². The van der Waals surface area contributed by atoms with Crippen LogP contribution in [0.3, 0.4) is 0 Å². The van der Waals surface area contributed by atoms with Gasteiger partial charge in [-0.3, -0.25) is 4.79 Å². The number of hydrogen-bond donors (Lipinski definition) is 1. The summed E-state index contributed by atoms with van der Waals surface area (Å²) in [6.07, 6.45) is 3.41. The number of methoxy groups -OCH3 is 3. The Labute approximate surface area is 168 Å². The van der Waals surface area contributed by atoms with Crippen molar-refractivity contribution in [3.8, 4) is 17.2 Å². The van der Waals surface area contributed by atoms with Crippen LogP contribution in [0.1, 0.15) is 27.8 Å². The Hall–Kier alpha value is -3.55. The third kappa shape index (κ3) is 4.16. The Balaban J connectivity index is 2.01. The minimum Gasteiger partial charge on any atom is -0.496 e. The molecule has 1 aromatic heterocycles. The van der Waals surface area contributed by atoms with Gasteiger partial charge in [-0.05, 0) is 17.7 Å². The van der Waals surface area contributed by atoms with Crippen molar-refractivity contribution in [3.63, 3.8) is 0 Å². The first-order valence-electron chi connectivity index (χ1n) is 8.82. The van der Waals surface area contributed by atoms with Gasteiger partial charge in [0.25, 0.3) is 5.91 Å². The van der Waals surface area contributed by atoms with Gasteiger partial charge in [0.05, 0.1) is 26.9 Å². The van der Waals surface area contributed by atoms with Gasteiger partial charge < -0.3 is 24.1 Å². The molecule has 8 heteroatoms. The zero-order valence-electron chi connectivity index (χ0n) is 16.6. The Kier molecular flexibility index (Phi) is 6.01. The molecule has 0 radical (unpaired) electrons. The van der Waals surface area contributed by atoms with Crippen LogP contribution >= 0.6 is 0 Å². The SMILES string of the molecule is COc1cc(OC)c(C(=O)NC(c2ccc(F)cc2)c2nccn2C)cc1OC. The highest BCUT2D eigenvalue weighted by Gasteiger charge is 2.24. The maximum absolute atomic E-state index is 13.4. The van der Waals surface area contributed by atoms with E-state index in [2.05, 4.69) is 10.3 Å². The van der Waals surface area contributed by atoms with Crippen LogP contribution in [0.5, 0.6) is 17.2 Å². The van der Waals surface area contributed by atoms with Crippen molar-refractivity contribution < 1.29 is 23.4 Å². The molecule has 0 aliphatic heterocycles. The molecule has 1 N–H and O–H groups in total. The van der Waals surface area contributed by atoms with Crippen molar-refractivity contribution in [1.29, 1.82) is 0 Å². The van der Waals surface area contributed by atoms with E-state index in [-0.39, 0.29) is 11.4 Å². The fourth-order valence-corrected chi connectivity index (χ4v) is 3.02. The Bertz CT molecular complexity index is 1000. The smallest absolute Gasteiger partial charge is 0.256 e. The first kappa shape index (κ1) is 20.2. The molecule has 3 rings (SSSR count). The first-order chi connectivity index (χ1) is 14.0. The summed E-state index contributed by atoms with van der Waals surface area (Å²) in [7, 11) is 6.28. The maximum Gasteiger partial charge on any atom is 0.256 e. The van der Waals surface area contributed by atoms with Crippen LogP contribution in [0.4, 0.5) is 4.39 Å². The van der Waals surface area contributed by atoms with Gasteiger partial charge in [-0.25, -0.2) is 9.37 Å². The summed E-state index contributed by atoms with van der Waals surface area (Å²) < 4.78 is 31.1. The van der Waals surface area contributed by atoms with Gasteiger partial charge in [0, 0.05) is 31.6 Å². The van der Waals surface area contributed by atoms with Crippen molar-refractivity contribution in [3.05, 3.63) is 71.6 Å². The highest BCUT2D eigenvalue weighted by Crippen LogP contribution is 2.35. The van der Waals surface area contributed by atoms with Crippen LogP contribution in [0.2, 0.25) is 0 Å². The monoisotopic (exact) mass is 399 g/mol. The number of halogens is 1. The molecule has 1 amide bonds. The molecule has 152 valence electrons. The van der Waals surface area contributed by atoms with Gasteiger partial charge in [0.2, 0.25) is 0 Å². The average Bonchev–Trinajstić information content (AvgIpc) is 3.17. The third-order valence-electron chi connectivity index (χ3n) is 4.55. The topological polar surface area (TPSA) is 74.6 Å². The molecule has 0 fully saturated rings. The molecule has 0 saturated carbocycles. The summed E-state index contributed by atoms with van der Waals surface area (Å²) in [4.78, 5) is 17.5. The number of carbonyl (C=O) groups is 1. The summed E-state index contributed by atoms with van der Waals surface area (Å²) >= 11 is 0. The summed E-state index contributed by atoms with van der Waals surface area (Å²) in [5.74, 6) is 1.01. The summed E-state index contributed by atoms with van der Waals surface area (Å²) in [5.41, 5.74) is 0.958. The molecule has 29 heavy (non-hydrogen) atoms. The van der Waals surface area contributed by atoms with Crippen molar-refractivity contribution in [1.82, 2.24) is 14.9 Å². The van der Waals surface area contributed by atoms with Crippen molar-refractivity contribution in [2.45, 2.75) is 6.04 Å². The van der Waals surface area contributed by atoms with Gasteiger partial charge in [-0.2, -0.15) is 0 Å². The second kappa shape index (κ2) is 8.64. The van der Waals surface area contributed by atoms with Crippen molar-refractivity contribution in [2.24, 2.45) is 7.05 Å². The number of benzene rings is 2. The summed E-state index contributed by atoms with van der Waals surface area (Å²) in [6.45, 7) is 0. The number of ether oxygens (including phenoxy) is 3. The molecule has 0 spiro atoms. The lowest BCUT2D eigenvalue weighted by molar-refractivity contribution is 0.0937. The lowest BCUT2D eigenvalue weighted by Gasteiger charge is -2.20. The molecule has 1 unspecified atom stereocenters. The highest BCUT2D eigenvalue weighted by molar-refractivity contribution is 5.98. The Morgan fingerprint density at radius 2 is 1.66 bits per heavy atom. The number of nitrogens with zero attached hydrogens (tertiary/aromatic N) is 2. The number of hydrogen-bond acceptors (Lipinski definition) is 5. The van der Waals surface area contributed by atoms with E-state index in [1.807, 2.05) is 7.05 Å². The lowest BCUT2D eigenvalue weighted by atomic mass is 10.0. The third-order valence-corrected chi connectivity index (χ3v) is 4.55. The quantitative estimate of drug-likeness (QED) is 0.661. The number of aryl methyl sites for hydroxylation is 1. The minimum absolute atomic E-state index is 0.270. The molecule has 1 heterocycles. The van der Waals surface area contributed by atoms with Gasteiger partial charge in [0.1, 0.15) is 23.4 Å². The number of amides is 1. The number of aromatic nitrogens is 2. The minimum atomic E-state index is -0.596. The molecule has 1 atom stereocenters. The fraction of sp³-hybridized carbons (Fsp3) is 0.238. The van der Waals surface area contributed by atoms with Crippen LogP contribution in [-0.4, -0.2) is 36.8 Å². The van der Waals surface area contributed by atoms with E-state index < -0.39 is 11.9 Å². The van der Waals surface area contributed by atoms with E-state index in [9.17, 15) is 9.18 Å². The second-order valence-electron chi connectivity index (χ2n) is 6.26. The Morgan fingerprint density at radius 1 is 1.03 bits per heavy atom. The van der Waals surface area contributed by atoms with Crippen LogP contribution < -0.4 is 19.5 Å². The normalized spacial score (nSPS) is 11.6. The molecule has 2 aromatic carbocycles. The number of nitrogens with one attached hydrogen (secondary N) is 1. The fourth-order valence-electron chi connectivity index (χ4n) is 3.02. The van der Waals surface area contributed by atoms with Crippen molar-refractivity contribution in [2.75, 3.05) is 21.3 Å². The molecule has 0 aliphatic rings. The average molecular weight is 399 g/mol. The predicted molar refractivity (Wildman–Crippen MR) is 105 cm³/mol. The molecule has 3 aromatic rings. The predicted octanol–water partition coefficient (Wildman–Crippen LogP) is 3.10. The molecular weight excluding hydrogens is 377 g/mol. The zero-order valence-corrected chi connectivity index (χ0v) is 16.6. The Morgan fingerprint density at radius 3 is 2.21 bits per heavy atom. The van der Waals surface area contributed by atoms with E-state index in [1.165, 1.54) is 33.5 Å². The highest BCUT2D eigenvalue weighted by atomic mass is 19.1. The van der Waals surface area contributed by atoms with Gasteiger partial charge in [-0.1, -0.05) is 12.1 Å². The van der Waals surface area contributed by atoms with E-state index in [0.717, 1.165) is 0 Å². The van der Waals surface area contributed by atoms with Crippen LogP contribution in [0.25, 0.3) is 0 Å². The molecule has 0 bridgehead atoms. The van der Waals surface area contributed by atoms with Gasteiger partial charge in [0.15, 0.2) is 11.5 Å². The molecule has 0 saturated heterocycles. The zero-order chi connectivity index (χ0) is 21.0. The molecule has 0 aliphatic carbocycles. The van der Waals surface area contributed by atoms with Crippen molar-refractivity contribution >= 4 is 5.91 Å². The molecule has 7 nitrogen and oxygen atoms in total. The van der Waals surface area contributed by atoms with Gasteiger partial charge in [-0.15, -0.1) is 0 Å². The maximum atomic E-state index is 13.4. The number of imidazole rings is 1. The molecular formula is C21H22FN3O4. The first-order valence-corrected chi connectivity index (χ1v) is 8.82. The number of rotatable bonds is 7. The second-order valence-corrected chi connectivity index (χ2v) is 6.26. The van der Waals surface area contributed by atoms with E-state index in [1.54, 1.807) is 41.2 Å². The standard InChI is InChI=1S/C21H22FN3O4/c1-25-10-9-23-20(25)19(13-5-7-14(22)8-6-13)24-21(26)15-11-17(28-3)18(29-4)12-16(15)27-2/h5-12,19H,1-4H3,(H,24,26). The van der Waals surface area contributed by atoms with E-state index in [4.69, 9.17) is 14.2 Å².